The smallest absolute Gasteiger partial charge is 0.441 e. The fourth-order valence-electron chi connectivity index (χ4n) is 0.757. The van der Waals surface area contributed by atoms with E-state index >= 15 is 0 Å². The molecule has 0 aromatic carbocycles. The third-order valence-electron chi connectivity index (χ3n) is 1.45. The average molecular weight is 228 g/mol. The lowest BCUT2D eigenvalue weighted by Crippen LogP contribution is -2.26. The van der Waals surface area contributed by atoms with Crippen molar-refractivity contribution in [2.75, 3.05) is 18.6 Å². The number of hydrogen-bond acceptors (Lipinski definition) is 4. The molecule has 0 spiro atoms. The van der Waals surface area contributed by atoms with Crippen molar-refractivity contribution < 1.29 is 19.1 Å². The zero-order valence-corrected chi connectivity index (χ0v) is 9.25. The van der Waals surface area contributed by atoms with E-state index < -0.39 is 17.5 Å². The normalized spacial score (nSPS) is 8.87. The van der Waals surface area contributed by atoms with E-state index in [9.17, 15) is 9.59 Å². The number of ether oxygens (including phenoxy) is 1. The van der Waals surface area contributed by atoms with E-state index in [1.807, 2.05) is 0 Å². The maximum atomic E-state index is 11.3. The second-order valence-electron chi connectivity index (χ2n) is 2.48. The highest BCUT2D eigenvalue weighted by Crippen LogP contribution is 2.03. The molecule has 0 N–H and O–H groups in total. The Hall–Kier alpha value is -1.39. The van der Waals surface area contributed by atoms with Crippen LogP contribution in [-0.2, 0) is 14.3 Å². The van der Waals surface area contributed by atoms with Gasteiger partial charge in [-0.25, -0.2) is 4.79 Å². The molecule has 0 radical (unpaired) electrons. The number of carbonyl (C=O) groups is 2. The highest BCUT2D eigenvalue weighted by molar-refractivity contribution is 7.99. The number of nitrogens with zero attached hydrogens (tertiary/aromatic N) is 2. The van der Waals surface area contributed by atoms with Crippen molar-refractivity contribution in [3.8, 4) is 0 Å². The highest BCUT2D eigenvalue weighted by Gasteiger charge is 2.29. The first-order chi connectivity index (χ1) is 7.17. The lowest BCUT2D eigenvalue weighted by Gasteiger charge is -1.95. The summed E-state index contributed by atoms with van der Waals surface area (Å²) in [5, 5.41) is 0. The summed E-state index contributed by atoms with van der Waals surface area (Å²) in [5.74, 6) is -0.171. The van der Waals surface area contributed by atoms with Gasteiger partial charge in [0.1, 0.15) is 0 Å². The summed E-state index contributed by atoms with van der Waals surface area (Å²) in [6.07, 6.45) is 1.85. The Morgan fingerprint density at radius 2 is 2.27 bits per heavy atom. The number of thioether (sulfide) groups is 1. The van der Waals surface area contributed by atoms with Gasteiger partial charge in [-0.2, -0.15) is 16.6 Å². The van der Waals surface area contributed by atoms with Gasteiger partial charge in [-0.15, -0.1) is 6.58 Å². The first-order valence-corrected chi connectivity index (χ1v) is 5.35. The highest BCUT2D eigenvalue weighted by atomic mass is 32.2. The van der Waals surface area contributed by atoms with Crippen LogP contribution < -0.4 is 0 Å². The number of carbonyl (C=O) groups excluding carboxylic acids is 2. The van der Waals surface area contributed by atoms with Crippen molar-refractivity contribution >= 4 is 29.2 Å². The van der Waals surface area contributed by atoms with Gasteiger partial charge in [-0.1, -0.05) is 6.08 Å². The van der Waals surface area contributed by atoms with E-state index in [2.05, 4.69) is 16.1 Å². The van der Waals surface area contributed by atoms with Gasteiger partial charge in [-0.05, 0) is 0 Å². The Morgan fingerprint density at radius 3 is 2.73 bits per heavy atom. The molecule has 0 saturated carbocycles. The number of Topliss-reactive ketones (excluding diaryl/α,β-unsaturated/α-hetero) is 1. The van der Waals surface area contributed by atoms with E-state index in [-0.39, 0.29) is 6.42 Å². The SMILES string of the molecule is C=CCSCCC(=O)C(=[N+]=[N-])C(=O)OC. The van der Waals surface area contributed by atoms with Gasteiger partial charge in [0.25, 0.3) is 5.78 Å². The molecule has 0 aliphatic rings. The van der Waals surface area contributed by atoms with Crippen LogP contribution in [0.3, 0.4) is 0 Å². The fraction of sp³-hybridized carbons (Fsp3) is 0.444. The molecule has 0 aromatic rings. The minimum Gasteiger partial charge on any atom is -0.460 e. The van der Waals surface area contributed by atoms with Crippen LogP contribution in [0.15, 0.2) is 12.7 Å². The molecule has 0 atom stereocenters. The lowest BCUT2D eigenvalue weighted by atomic mass is 10.2. The monoisotopic (exact) mass is 228 g/mol. The molecule has 0 aliphatic carbocycles. The summed E-state index contributed by atoms with van der Waals surface area (Å²) in [6.45, 7) is 3.53. The van der Waals surface area contributed by atoms with Crippen molar-refractivity contribution in [2.24, 2.45) is 0 Å². The summed E-state index contributed by atoms with van der Waals surface area (Å²) in [5.41, 5.74) is 7.89. The fourth-order valence-corrected chi connectivity index (χ4v) is 1.42. The largest absolute Gasteiger partial charge is 0.460 e. The Morgan fingerprint density at radius 1 is 1.60 bits per heavy atom. The summed E-state index contributed by atoms with van der Waals surface area (Å²) >= 11 is 1.50. The van der Waals surface area contributed by atoms with Crippen LogP contribution in [-0.4, -0.2) is 40.9 Å². The van der Waals surface area contributed by atoms with E-state index in [1.54, 1.807) is 6.08 Å². The van der Waals surface area contributed by atoms with Crippen molar-refractivity contribution in [2.45, 2.75) is 6.42 Å². The maximum absolute atomic E-state index is 11.3. The van der Waals surface area contributed by atoms with Gasteiger partial charge < -0.3 is 10.3 Å². The Kier molecular flexibility index (Phi) is 7.23. The van der Waals surface area contributed by atoms with Crippen LogP contribution in [0.4, 0.5) is 0 Å². The zero-order chi connectivity index (χ0) is 11.7. The molecule has 0 aliphatic heterocycles. The van der Waals surface area contributed by atoms with Crippen molar-refractivity contribution in [3.05, 3.63) is 18.2 Å². The van der Waals surface area contributed by atoms with Crippen LogP contribution in [0.2, 0.25) is 0 Å². The summed E-state index contributed by atoms with van der Waals surface area (Å²) in [6, 6.07) is 0. The summed E-state index contributed by atoms with van der Waals surface area (Å²) in [7, 11) is 1.12. The Bertz CT molecular complexity index is 308. The molecular formula is C9H12N2O3S. The predicted octanol–water partition coefficient (Wildman–Crippen LogP) is 0.709. The molecule has 0 rings (SSSR count). The van der Waals surface area contributed by atoms with Crippen LogP contribution in [0, 0.1) is 0 Å². The third kappa shape index (κ3) is 5.15. The van der Waals surface area contributed by atoms with E-state index in [0.29, 0.717) is 5.75 Å². The number of rotatable bonds is 7. The van der Waals surface area contributed by atoms with Crippen LogP contribution in [0.25, 0.3) is 5.53 Å². The van der Waals surface area contributed by atoms with Crippen LogP contribution in [0.1, 0.15) is 6.42 Å². The molecule has 0 amide bonds. The predicted molar refractivity (Wildman–Crippen MR) is 57.8 cm³/mol. The zero-order valence-electron chi connectivity index (χ0n) is 8.43. The van der Waals surface area contributed by atoms with E-state index in [0.717, 1.165) is 12.9 Å². The van der Waals surface area contributed by atoms with E-state index in [1.165, 1.54) is 11.8 Å². The molecule has 15 heavy (non-hydrogen) atoms. The van der Waals surface area contributed by atoms with Gasteiger partial charge in [0.05, 0.1) is 7.11 Å². The summed E-state index contributed by atoms with van der Waals surface area (Å²) < 4.78 is 4.28. The van der Waals surface area contributed by atoms with Gasteiger partial charge in [0.15, 0.2) is 0 Å². The van der Waals surface area contributed by atoms with Crippen molar-refractivity contribution in [1.82, 2.24) is 0 Å². The standard InChI is InChI=1S/C9H12N2O3S/c1-3-5-15-6-4-7(12)8(11-10)9(13)14-2/h3H,1,4-6H2,2H3. The topological polar surface area (TPSA) is 79.8 Å². The molecule has 0 fully saturated rings. The Labute approximate surface area is 92.1 Å². The quantitative estimate of drug-likeness (QED) is 0.122. The van der Waals surface area contributed by atoms with Crippen molar-refractivity contribution in [1.29, 1.82) is 0 Å². The number of methoxy groups -OCH3 is 1. The van der Waals surface area contributed by atoms with Crippen LogP contribution >= 0.6 is 11.8 Å². The molecule has 0 heterocycles. The second-order valence-corrected chi connectivity index (χ2v) is 3.63. The van der Waals surface area contributed by atoms with E-state index in [4.69, 9.17) is 5.53 Å². The lowest BCUT2D eigenvalue weighted by molar-refractivity contribution is -0.139. The average Bonchev–Trinajstić information content (AvgIpc) is 2.25. The number of hydrogen-bond donors (Lipinski definition) is 0. The minimum absolute atomic E-state index is 0.132. The van der Waals surface area contributed by atoms with Gasteiger partial charge >= 0.3 is 11.7 Å². The molecule has 0 saturated heterocycles. The molecule has 0 aromatic heterocycles. The Balaban J connectivity index is 4.13. The molecule has 6 heteroatoms. The van der Waals surface area contributed by atoms with Gasteiger partial charge in [0, 0.05) is 17.9 Å². The molecule has 0 bridgehead atoms. The van der Waals surface area contributed by atoms with Gasteiger partial charge in [0.2, 0.25) is 0 Å². The molecule has 5 nitrogen and oxygen atoms in total. The second kappa shape index (κ2) is 7.96. The van der Waals surface area contributed by atoms with Crippen molar-refractivity contribution in [3.63, 3.8) is 0 Å². The number of ketones is 1. The molecule has 0 unspecified atom stereocenters. The van der Waals surface area contributed by atoms with Crippen LogP contribution in [0.5, 0.6) is 0 Å². The third-order valence-corrected chi connectivity index (χ3v) is 2.42. The molecular weight excluding hydrogens is 216 g/mol. The number of esters is 1. The summed E-state index contributed by atoms with van der Waals surface area (Å²) in [4.78, 5) is 24.8. The maximum Gasteiger partial charge on any atom is 0.441 e. The molecule has 82 valence electrons. The van der Waals surface area contributed by atoms with Gasteiger partial charge in [-0.3, -0.25) is 4.79 Å². The first kappa shape index (κ1) is 13.6. The minimum atomic E-state index is -0.920. The first-order valence-electron chi connectivity index (χ1n) is 4.19.